The van der Waals surface area contributed by atoms with Crippen molar-refractivity contribution in [3.05, 3.63) is 0 Å². The van der Waals surface area contributed by atoms with E-state index in [1.807, 2.05) is 0 Å². The van der Waals surface area contributed by atoms with Gasteiger partial charge in [0.2, 0.25) is 0 Å². The summed E-state index contributed by atoms with van der Waals surface area (Å²) in [6, 6.07) is 0. The van der Waals surface area contributed by atoms with Gasteiger partial charge in [-0.15, -0.1) is 0 Å². The summed E-state index contributed by atoms with van der Waals surface area (Å²) in [7, 11) is 0. The van der Waals surface area contributed by atoms with Crippen molar-refractivity contribution in [3.63, 3.8) is 0 Å². The Morgan fingerprint density at radius 1 is 1.56 bits per heavy atom. The zero-order valence-corrected chi connectivity index (χ0v) is 5.50. The first-order valence-corrected chi connectivity index (χ1v) is 3.01. The molecule has 1 aliphatic rings. The second kappa shape index (κ2) is 1.99. The fourth-order valence-corrected chi connectivity index (χ4v) is 0.832. The highest BCUT2D eigenvalue weighted by Gasteiger charge is 2.37. The highest BCUT2D eigenvalue weighted by molar-refractivity contribution is 5.77. The molecule has 52 valence electrons. The molecule has 0 aromatic heterocycles. The van der Waals surface area contributed by atoms with Crippen LogP contribution < -0.4 is 0 Å². The molecule has 1 N–H and O–H groups in total. The summed E-state index contributed by atoms with van der Waals surface area (Å²) in [5.74, 6) is -0.549. The Morgan fingerprint density at radius 3 is 2.22 bits per heavy atom. The lowest BCUT2D eigenvalue weighted by Crippen LogP contribution is -2.20. The van der Waals surface area contributed by atoms with Crippen LogP contribution in [0.3, 0.4) is 0 Å². The summed E-state index contributed by atoms with van der Waals surface area (Å²) < 4.78 is 4.70. The first-order valence-electron chi connectivity index (χ1n) is 3.01. The predicted molar refractivity (Wildman–Crippen MR) is 30.7 cm³/mol. The molecule has 0 bridgehead atoms. The first-order chi connectivity index (χ1) is 4.13. The quantitative estimate of drug-likeness (QED) is 0.467. The van der Waals surface area contributed by atoms with Gasteiger partial charge in [0.1, 0.15) is 6.10 Å². The van der Waals surface area contributed by atoms with Crippen LogP contribution in [0.15, 0.2) is 0 Å². The molecule has 1 saturated heterocycles. The Morgan fingerprint density at radius 2 is 2.11 bits per heavy atom. The number of hydrogen-bond donors (Lipinski definition) is 1. The number of cyclic esters (lactones) is 1. The molecule has 0 aromatic carbocycles. The highest BCUT2D eigenvalue weighted by Crippen LogP contribution is 2.20. The van der Waals surface area contributed by atoms with Crippen LogP contribution in [-0.2, 0) is 9.53 Å². The Hall–Kier alpha value is -0.570. The van der Waals surface area contributed by atoms with Crippen molar-refractivity contribution in [2.75, 3.05) is 0 Å². The molecule has 1 rings (SSSR count). The van der Waals surface area contributed by atoms with Gasteiger partial charge in [-0.2, -0.15) is 0 Å². The first kappa shape index (κ1) is 6.55. The number of ether oxygens (including phenoxy) is 1. The second-order valence-electron chi connectivity index (χ2n) is 2.45. The topological polar surface area (TPSA) is 46.5 Å². The predicted octanol–water partition coefficient (Wildman–Crippen LogP) is -0.0713. The normalized spacial score (nSPS) is 43.0. The summed E-state index contributed by atoms with van der Waals surface area (Å²) >= 11 is 0. The Kier molecular flexibility index (Phi) is 1.45. The van der Waals surface area contributed by atoms with Crippen LogP contribution >= 0.6 is 0 Å². The molecular weight excluding hydrogens is 120 g/mol. The van der Waals surface area contributed by atoms with Gasteiger partial charge in [-0.05, 0) is 6.92 Å². The Balaban J connectivity index is 2.65. The maximum absolute atomic E-state index is 10.5. The van der Waals surface area contributed by atoms with Crippen LogP contribution in [0.4, 0.5) is 0 Å². The van der Waals surface area contributed by atoms with E-state index in [4.69, 9.17) is 9.84 Å². The van der Waals surface area contributed by atoms with Crippen molar-refractivity contribution in [1.29, 1.82) is 0 Å². The van der Waals surface area contributed by atoms with Gasteiger partial charge in [-0.3, -0.25) is 0 Å². The van der Waals surface area contributed by atoms with Gasteiger partial charge in [-0.1, -0.05) is 6.92 Å². The minimum atomic E-state index is -0.903. The summed E-state index contributed by atoms with van der Waals surface area (Å²) in [5, 5.41) is 8.96. The Labute approximate surface area is 53.6 Å². The van der Waals surface area contributed by atoms with E-state index in [0.717, 1.165) is 0 Å². The molecule has 0 radical (unpaired) electrons. The maximum atomic E-state index is 10.5. The Bertz CT molecular complexity index is 132. The molecule has 3 unspecified atom stereocenters. The van der Waals surface area contributed by atoms with Crippen LogP contribution in [0.2, 0.25) is 0 Å². The average molecular weight is 130 g/mol. The number of rotatable bonds is 0. The second-order valence-corrected chi connectivity index (χ2v) is 2.45. The molecule has 1 aliphatic heterocycles. The van der Waals surface area contributed by atoms with E-state index in [1.165, 1.54) is 0 Å². The third-order valence-corrected chi connectivity index (χ3v) is 1.78. The van der Waals surface area contributed by atoms with Crippen molar-refractivity contribution in [3.8, 4) is 0 Å². The number of carbonyl (C=O) groups excluding carboxylic acids is 1. The molecular formula is C6H10O3. The van der Waals surface area contributed by atoms with Gasteiger partial charge in [0, 0.05) is 5.92 Å². The number of hydrogen-bond acceptors (Lipinski definition) is 3. The molecule has 0 spiro atoms. The van der Waals surface area contributed by atoms with E-state index in [9.17, 15) is 4.79 Å². The molecule has 9 heavy (non-hydrogen) atoms. The maximum Gasteiger partial charge on any atom is 0.335 e. The lowest BCUT2D eigenvalue weighted by atomic mass is 10.0. The highest BCUT2D eigenvalue weighted by atomic mass is 16.6. The molecule has 0 amide bonds. The molecule has 3 heteroatoms. The summed E-state index contributed by atoms with van der Waals surface area (Å²) in [4.78, 5) is 10.5. The van der Waals surface area contributed by atoms with Crippen molar-refractivity contribution in [1.82, 2.24) is 0 Å². The monoisotopic (exact) mass is 130 g/mol. The minimum Gasteiger partial charge on any atom is -0.460 e. The van der Waals surface area contributed by atoms with Crippen molar-refractivity contribution in [2.45, 2.75) is 26.1 Å². The van der Waals surface area contributed by atoms with Crippen LogP contribution in [0.1, 0.15) is 13.8 Å². The van der Waals surface area contributed by atoms with Crippen LogP contribution in [0.25, 0.3) is 0 Å². The lowest BCUT2D eigenvalue weighted by Gasteiger charge is -2.05. The van der Waals surface area contributed by atoms with E-state index >= 15 is 0 Å². The van der Waals surface area contributed by atoms with E-state index in [2.05, 4.69) is 0 Å². The lowest BCUT2D eigenvalue weighted by molar-refractivity contribution is -0.146. The molecule has 1 fully saturated rings. The fraction of sp³-hybridized carbons (Fsp3) is 0.833. The van der Waals surface area contributed by atoms with E-state index in [-0.39, 0.29) is 12.0 Å². The largest absolute Gasteiger partial charge is 0.460 e. The standard InChI is InChI=1S/C6H10O3/c1-3-4(2)9-6(8)5(3)7/h3-5,7H,1-2H3. The van der Waals surface area contributed by atoms with Gasteiger partial charge >= 0.3 is 5.97 Å². The van der Waals surface area contributed by atoms with Crippen LogP contribution in [0, 0.1) is 5.92 Å². The number of aliphatic hydroxyl groups is 1. The summed E-state index contributed by atoms with van der Waals surface area (Å²) in [5.41, 5.74) is 0. The van der Waals surface area contributed by atoms with Gasteiger partial charge in [0.15, 0.2) is 6.10 Å². The zero-order chi connectivity index (χ0) is 7.02. The van der Waals surface area contributed by atoms with E-state index in [0.29, 0.717) is 0 Å². The minimum absolute atomic E-state index is 0.0579. The zero-order valence-electron chi connectivity index (χ0n) is 5.50. The number of carbonyl (C=O) groups is 1. The van der Waals surface area contributed by atoms with Gasteiger partial charge in [-0.25, -0.2) is 4.79 Å². The summed E-state index contributed by atoms with van der Waals surface area (Å²) in [6.07, 6.45) is -1.03. The smallest absolute Gasteiger partial charge is 0.335 e. The molecule has 0 aliphatic carbocycles. The van der Waals surface area contributed by atoms with E-state index < -0.39 is 12.1 Å². The van der Waals surface area contributed by atoms with Crippen LogP contribution in [-0.4, -0.2) is 23.3 Å². The van der Waals surface area contributed by atoms with Crippen LogP contribution in [0.5, 0.6) is 0 Å². The third-order valence-electron chi connectivity index (χ3n) is 1.78. The molecule has 3 atom stereocenters. The SMILES string of the molecule is CC1OC(=O)C(O)C1C. The van der Waals surface area contributed by atoms with Gasteiger partial charge < -0.3 is 9.84 Å². The van der Waals surface area contributed by atoms with E-state index in [1.54, 1.807) is 13.8 Å². The molecule has 0 aromatic rings. The van der Waals surface area contributed by atoms with Crippen molar-refractivity contribution < 1.29 is 14.6 Å². The van der Waals surface area contributed by atoms with Gasteiger partial charge in [0.05, 0.1) is 0 Å². The summed E-state index contributed by atoms with van der Waals surface area (Å²) in [6.45, 7) is 3.57. The molecule has 0 saturated carbocycles. The third kappa shape index (κ3) is 0.920. The average Bonchev–Trinajstić information content (AvgIpc) is 1.98. The fourth-order valence-electron chi connectivity index (χ4n) is 0.832. The molecule has 1 heterocycles. The molecule has 3 nitrogen and oxygen atoms in total. The number of aliphatic hydroxyl groups excluding tert-OH is 1. The van der Waals surface area contributed by atoms with Crippen molar-refractivity contribution >= 4 is 5.97 Å². The van der Waals surface area contributed by atoms with Gasteiger partial charge in [0.25, 0.3) is 0 Å². The number of esters is 1. The van der Waals surface area contributed by atoms with Crippen molar-refractivity contribution in [2.24, 2.45) is 5.92 Å².